The fraction of sp³-hybridized carbons (Fsp3) is 0.320. The van der Waals surface area contributed by atoms with E-state index < -0.39 is 0 Å². The summed E-state index contributed by atoms with van der Waals surface area (Å²) >= 11 is 0. The highest BCUT2D eigenvalue weighted by molar-refractivity contribution is 5.89. The van der Waals surface area contributed by atoms with Crippen LogP contribution >= 0.6 is 0 Å². The Hall–Kier alpha value is -2.81. The van der Waals surface area contributed by atoms with Gasteiger partial charge in [-0.15, -0.1) is 0 Å². The van der Waals surface area contributed by atoms with Gasteiger partial charge in [0.25, 0.3) is 0 Å². The van der Waals surface area contributed by atoms with Gasteiger partial charge >= 0.3 is 0 Å². The molecule has 0 fully saturated rings. The molecule has 0 unspecified atom stereocenters. The highest BCUT2D eigenvalue weighted by Gasteiger charge is 2.30. The van der Waals surface area contributed by atoms with Crippen molar-refractivity contribution in [3.8, 4) is 11.5 Å². The molecule has 0 radical (unpaired) electrons. The summed E-state index contributed by atoms with van der Waals surface area (Å²) in [5, 5.41) is 0. The van der Waals surface area contributed by atoms with E-state index in [0.29, 0.717) is 0 Å². The third-order valence-electron chi connectivity index (χ3n) is 5.45. The van der Waals surface area contributed by atoms with E-state index in [4.69, 9.17) is 4.74 Å². The second kappa shape index (κ2) is 6.37. The molecule has 0 bridgehead atoms. The Morgan fingerprint density at radius 3 is 2.18 bits per heavy atom. The lowest BCUT2D eigenvalue weighted by Gasteiger charge is -2.36. The molecule has 2 heterocycles. The molecule has 1 aromatic heterocycles. The average Bonchev–Trinajstić information content (AvgIpc) is 2.60. The molecule has 3 aromatic rings. The first-order valence-corrected chi connectivity index (χ1v) is 9.83. The Kier molecular flexibility index (Phi) is 4.22. The number of rotatable bonds is 1. The summed E-state index contributed by atoms with van der Waals surface area (Å²) in [5.74, 6) is 1.71. The van der Waals surface area contributed by atoms with Crippen LogP contribution in [0.1, 0.15) is 48.7 Å². The fourth-order valence-electron chi connectivity index (χ4n) is 3.95. The predicted molar refractivity (Wildman–Crippen MR) is 117 cm³/mol. The van der Waals surface area contributed by atoms with E-state index >= 15 is 0 Å². The van der Waals surface area contributed by atoms with Crippen LogP contribution in [0.2, 0.25) is 0 Å². The first-order valence-electron chi connectivity index (χ1n) is 9.83. The minimum atomic E-state index is 0.118. The molecule has 0 spiro atoms. The van der Waals surface area contributed by atoms with E-state index in [1.54, 1.807) is 0 Å². The number of hydrogen-bond donors (Lipinski definition) is 0. The van der Waals surface area contributed by atoms with Gasteiger partial charge in [0.2, 0.25) is 0 Å². The van der Waals surface area contributed by atoms with Gasteiger partial charge in [-0.05, 0) is 73.6 Å². The molecular weight excluding hydrogens is 344 g/mol. The van der Waals surface area contributed by atoms with Gasteiger partial charge in [-0.1, -0.05) is 39.0 Å². The molecule has 0 saturated heterocycles. The van der Waals surface area contributed by atoms with E-state index in [0.717, 1.165) is 28.6 Å². The first-order chi connectivity index (χ1) is 13.2. The lowest BCUT2D eigenvalue weighted by molar-refractivity contribution is 0.469. The third kappa shape index (κ3) is 2.95. The van der Waals surface area contributed by atoms with Gasteiger partial charge in [0.15, 0.2) is 11.5 Å². The Morgan fingerprint density at radius 2 is 1.54 bits per heavy atom. The number of anilines is 3. The van der Waals surface area contributed by atoms with E-state index in [2.05, 4.69) is 81.8 Å². The highest BCUT2D eigenvalue weighted by atomic mass is 16.5. The molecule has 4 rings (SSSR count). The van der Waals surface area contributed by atoms with Crippen molar-refractivity contribution in [2.45, 2.75) is 53.9 Å². The summed E-state index contributed by atoms with van der Waals surface area (Å²) in [6.07, 6.45) is 1.86. The van der Waals surface area contributed by atoms with Crippen molar-refractivity contribution in [2.24, 2.45) is 0 Å². The number of hydrogen-bond acceptors (Lipinski definition) is 3. The van der Waals surface area contributed by atoms with E-state index in [-0.39, 0.29) is 5.41 Å². The maximum absolute atomic E-state index is 6.29. The van der Waals surface area contributed by atoms with Crippen molar-refractivity contribution in [2.75, 3.05) is 4.90 Å². The minimum Gasteiger partial charge on any atom is -0.451 e. The summed E-state index contributed by atoms with van der Waals surface area (Å²) in [4.78, 5) is 6.79. The summed E-state index contributed by atoms with van der Waals surface area (Å²) < 4.78 is 6.29. The van der Waals surface area contributed by atoms with Crippen LogP contribution in [-0.4, -0.2) is 4.98 Å². The van der Waals surface area contributed by atoms with Crippen LogP contribution in [0, 0.1) is 27.7 Å². The molecule has 3 nitrogen and oxygen atoms in total. The number of fused-ring (bicyclic) bond motifs is 2. The molecule has 0 saturated carbocycles. The van der Waals surface area contributed by atoms with Crippen LogP contribution in [-0.2, 0) is 5.41 Å². The monoisotopic (exact) mass is 372 g/mol. The smallest absolute Gasteiger partial charge is 0.172 e. The van der Waals surface area contributed by atoms with Crippen molar-refractivity contribution < 1.29 is 4.74 Å². The molecular formula is C25H28N2O. The standard InChI is InChI=1S/C25H28N2O/c1-15-8-9-20-22(12-15)28-24-18(4)26-11-10-21(24)27(20)23-16(2)13-19(14-17(23)3)25(5,6)7/h8-14H,1-7H3. The average molecular weight is 373 g/mol. The molecule has 3 heteroatoms. The molecule has 0 aliphatic carbocycles. The van der Waals surface area contributed by atoms with Gasteiger partial charge < -0.3 is 9.64 Å². The van der Waals surface area contributed by atoms with Gasteiger partial charge in [0.05, 0.1) is 22.8 Å². The number of aryl methyl sites for hydroxylation is 4. The summed E-state index contributed by atoms with van der Waals surface area (Å²) in [6, 6.07) is 13.1. The molecule has 1 aliphatic rings. The maximum atomic E-state index is 6.29. The van der Waals surface area contributed by atoms with E-state index in [1.807, 2.05) is 19.2 Å². The van der Waals surface area contributed by atoms with Gasteiger partial charge in [-0.25, -0.2) is 0 Å². The molecule has 28 heavy (non-hydrogen) atoms. The van der Waals surface area contributed by atoms with Gasteiger partial charge in [-0.2, -0.15) is 0 Å². The van der Waals surface area contributed by atoms with Crippen LogP contribution in [0.3, 0.4) is 0 Å². The highest BCUT2D eigenvalue weighted by Crippen LogP contribution is 2.52. The van der Waals surface area contributed by atoms with Crippen LogP contribution in [0.4, 0.5) is 17.1 Å². The third-order valence-corrected chi connectivity index (χ3v) is 5.45. The Balaban J connectivity index is 2.00. The van der Waals surface area contributed by atoms with Gasteiger partial charge in [0, 0.05) is 6.20 Å². The molecule has 2 aromatic carbocycles. The molecule has 1 aliphatic heterocycles. The van der Waals surface area contributed by atoms with E-state index in [1.165, 1.54) is 27.9 Å². The van der Waals surface area contributed by atoms with Crippen LogP contribution in [0.5, 0.6) is 11.5 Å². The Labute approximate surface area is 168 Å². The largest absolute Gasteiger partial charge is 0.451 e. The number of benzene rings is 2. The quantitative estimate of drug-likeness (QED) is 0.353. The van der Waals surface area contributed by atoms with Crippen molar-refractivity contribution in [3.63, 3.8) is 0 Å². The van der Waals surface area contributed by atoms with Crippen molar-refractivity contribution in [3.05, 3.63) is 70.5 Å². The molecule has 0 N–H and O–H groups in total. The number of ether oxygens (including phenoxy) is 1. The Morgan fingerprint density at radius 1 is 0.857 bits per heavy atom. The van der Waals surface area contributed by atoms with Crippen LogP contribution in [0.15, 0.2) is 42.6 Å². The Bertz CT molecular complexity index is 1050. The van der Waals surface area contributed by atoms with E-state index in [9.17, 15) is 0 Å². The van der Waals surface area contributed by atoms with Crippen molar-refractivity contribution in [1.29, 1.82) is 0 Å². The summed E-state index contributed by atoms with van der Waals surface area (Å²) in [6.45, 7) is 15.3. The fourth-order valence-corrected chi connectivity index (χ4v) is 3.95. The second-order valence-corrected chi connectivity index (χ2v) is 8.86. The van der Waals surface area contributed by atoms with Crippen molar-refractivity contribution >= 4 is 17.1 Å². The topological polar surface area (TPSA) is 25.4 Å². The maximum Gasteiger partial charge on any atom is 0.172 e. The van der Waals surface area contributed by atoms with Gasteiger partial charge in [-0.3, -0.25) is 4.98 Å². The number of nitrogens with zero attached hydrogens (tertiary/aromatic N) is 2. The zero-order valence-corrected chi connectivity index (χ0v) is 17.8. The van der Waals surface area contributed by atoms with Gasteiger partial charge in [0.1, 0.15) is 0 Å². The summed E-state index contributed by atoms with van der Waals surface area (Å²) in [5.41, 5.74) is 9.40. The zero-order valence-electron chi connectivity index (χ0n) is 17.8. The molecule has 0 atom stereocenters. The van der Waals surface area contributed by atoms with Crippen LogP contribution in [0.25, 0.3) is 0 Å². The SMILES string of the molecule is Cc1ccc2c(c1)Oc1c(ccnc1C)N2c1c(C)cc(C(C)(C)C)cc1C. The summed E-state index contributed by atoms with van der Waals surface area (Å²) in [7, 11) is 0. The lowest BCUT2D eigenvalue weighted by Crippen LogP contribution is -2.20. The molecule has 0 amide bonds. The van der Waals surface area contributed by atoms with Crippen molar-refractivity contribution in [1.82, 2.24) is 4.98 Å². The lowest BCUT2D eigenvalue weighted by atomic mass is 9.84. The second-order valence-electron chi connectivity index (χ2n) is 8.86. The zero-order chi connectivity index (χ0) is 20.2. The number of pyridine rings is 1. The normalized spacial score (nSPS) is 13.0. The molecule has 144 valence electrons. The predicted octanol–water partition coefficient (Wildman–Crippen LogP) is 7.19. The van der Waals surface area contributed by atoms with Crippen LogP contribution < -0.4 is 9.64 Å². The first kappa shape index (κ1) is 18.5. The minimum absolute atomic E-state index is 0.118. The number of aromatic nitrogens is 1.